The molecule has 17 heavy (non-hydrogen) atoms. The molecular weight excluding hydrogens is 234 g/mol. The van der Waals surface area contributed by atoms with Gasteiger partial charge in [0.05, 0.1) is 16.9 Å². The Morgan fingerprint density at radius 1 is 1.35 bits per heavy atom. The van der Waals surface area contributed by atoms with E-state index in [-0.39, 0.29) is 0 Å². The SMILES string of the molecule is CCCCC(CCC)Nc1ncc(N)cc1Cl. The second-order valence-corrected chi connectivity index (χ2v) is 4.78. The van der Waals surface area contributed by atoms with E-state index in [9.17, 15) is 0 Å². The number of nitrogen functional groups attached to an aromatic ring is 1. The summed E-state index contributed by atoms with van der Waals surface area (Å²) in [7, 11) is 0. The molecule has 1 heterocycles. The van der Waals surface area contributed by atoms with Gasteiger partial charge in [-0.25, -0.2) is 4.98 Å². The Morgan fingerprint density at radius 2 is 2.12 bits per heavy atom. The molecular formula is C13H22ClN3. The largest absolute Gasteiger partial charge is 0.397 e. The van der Waals surface area contributed by atoms with E-state index >= 15 is 0 Å². The minimum atomic E-state index is 0.452. The monoisotopic (exact) mass is 255 g/mol. The van der Waals surface area contributed by atoms with Crippen molar-refractivity contribution >= 4 is 23.1 Å². The molecule has 1 rings (SSSR count). The van der Waals surface area contributed by atoms with Gasteiger partial charge in [-0.2, -0.15) is 0 Å². The fourth-order valence-electron chi connectivity index (χ4n) is 1.84. The van der Waals surface area contributed by atoms with Gasteiger partial charge in [0.15, 0.2) is 0 Å². The van der Waals surface area contributed by atoms with Crippen LogP contribution in [0.3, 0.4) is 0 Å². The van der Waals surface area contributed by atoms with Gasteiger partial charge in [-0.15, -0.1) is 0 Å². The summed E-state index contributed by atoms with van der Waals surface area (Å²) in [5.74, 6) is 0.746. The van der Waals surface area contributed by atoms with Crippen LogP contribution in [0.1, 0.15) is 46.0 Å². The lowest BCUT2D eigenvalue weighted by Crippen LogP contribution is -2.20. The summed E-state index contributed by atoms with van der Waals surface area (Å²) in [6, 6.07) is 2.19. The lowest BCUT2D eigenvalue weighted by atomic mass is 10.1. The standard InChI is InChI=1S/C13H22ClN3/c1-3-5-7-11(6-4-2)17-13-12(14)8-10(15)9-16-13/h8-9,11H,3-7,15H2,1-2H3,(H,16,17). The molecule has 4 heteroatoms. The summed E-state index contributed by atoms with van der Waals surface area (Å²) in [6.07, 6.45) is 7.54. The third-order valence-electron chi connectivity index (χ3n) is 2.75. The van der Waals surface area contributed by atoms with Crippen molar-refractivity contribution in [3.8, 4) is 0 Å². The van der Waals surface area contributed by atoms with Crippen molar-refractivity contribution in [2.24, 2.45) is 0 Å². The van der Waals surface area contributed by atoms with Crippen molar-refractivity contribution in [3.63, 3.8) is 0 Å². The first-order chi connectivity index (χ1) is 8.17. The number of unbranched alkanes of at least 4 members (excludes halogenated alkanes) is 1. The van der Waals surface area contributed by atoms with Crippen LogP contribution in [0, 0.1) is 0 Å². The van der Waals surface area contributed by atoms with Crippen molar-refractivity contribution < 1.29 is 0 Å². The van der Waals surface area contributed by atoms with Crippen molar-refractivity contribution in [2.45, 2.75) is 52.0 Å². The summed E-state index contributed by atoms with van der Waals surface area (Å²) < 4.78 is 0. The molecule has 1 unspecified atom stereocenters. The van der Waals surface area contributed by atoms with Gasteiger partial charge in [0.1, 0.15) is 5.82 Å². The Balaban J connectivity index is 2.64. The van der Waals surface area contributed by atoms with Gasteiger partial charge in [0.2, 0.25) is 0 Å². The number of nitrogens with one attached hydrogen (secondary N) is 1. The minimum absolute atomic E-state index is 0.452. The van der Waals surface area contributed by atoms with Crippen LogP contribution >= 0.6 is 11.6 Å². The highest BCUT2D eigenvalue weighted by Gasteiger charge is 2.10. The highest BCUT2D eigenvalue weighted by Crippen LogP contribution is 2.23. The van der Waals surface area contributed by atoms with Crippen LogP contribution in [-0.2, 0) is 0 Å². The highest BCUT2D eigenvalue weighted by molar-refractivity contribution is 6.33. The number of hydrogen-bond acceptors (Lipinski definition) is 3. The van der Waals surface area contributed by atoms with E-state index in [1.54, 1.807) is 12.3 Å². The summed E-state index contributed by atoms with van der Waals surface area (Å²) in [5, 5.41) is 4.01. The molecule has 0 aliphatic heterocycles. The number of nitrogens with zero attached hydrogens (tertiary/aromatic N) is 1. The molecule has 0 bridgehead atoms. The minimum Gasteiger partial charge on any atom is -0.397 e. The van der Waals surface area contributed by atoms with E-state index in [4.69, 9.17) is 17.3 Å². The van der Waals surface area contributed by atoms with Crippen molar-refractivity contribution in [1.82, 2.24) is 4.98 Å². The Labute approximate surface area is 109 Å². The fourth-order valence-corrected chi connectivity index (χ4v) is 2.07. The van der Waals surface area contributed by atoms with Crippen LogP contribution in [0.5, 0.6) is 0 Å². The van der Waals surface area contributed by atoms with Crippen LogP contribution in [-0.4, -0.2) is 11.0 Å². The number of anilines is 2. The zero-order valence-corrected chi connectivity index (χ0v) is 11.4. The molecule has 1 aromatic heterocycles. The maximum absolute atomic E-state index is 6.10. The number of halogens is 1. The van der Waals surface area contributed by atoms with Crippen molar-refractivity contribution in [2.75, 3.05) is 11.1 Å². The quantitative estimate of drug-likeness (QED) is 0.772. The molecule has 0 aliphatic carbocycles. The lowest BCUT2D eigenvalue weighted by molar-refractivity contribution is 0.563. The predicted molar refractivity (Wildman–Crippen MR) is 75.5 cm³/mol. The summed E-state index contributed by atoms with van der Waals surface area (Å²) in [4.78, 5) is 4.24. The van der Waals surface area contributed by atoms with E-state index in [1.165, 1.54) is 12.8 Å². The van der Waals surface area contributed by atoms with Crippen LogP contribution in [0.2, 0.25) is 5.02 Å². The lowest BCUT2D eigenvalue weighted by Gasteiger charge is -2.19. The molecule has 0 aliphatic rings. The summed E-state index contributed by atoms with van der Waals surface area (Å²) >= 11 is 6.10. The Bertz CT molecular complexity index is 341. The van der Waals surface area contributed by atoms with Crippen LogP contribution < -0.4 is 11.1 Å². The first-order valence-corrected chi connectivity index (χ1v) is 6.72. The van der Waals surface area contributed by atoms with E-state index in [1.807, 2.05) is 0 Å². The molecule has 0 radical (unpaired) electrons. The smallest absolute Gasteiger partial charge is 0.145 e. The first-order valence-electron chi connectivity index (χ1n) is 6.34. The summed E-state index contributed by atoms with van der Waals surface area (Å²) in [6.45, 7) is 4.40. The Morgan fingerprint density at radius 3 is 2.71 bits per heavy atom. The zero-order valence-electron chi connectivity index (χ0n) is 10.7. The molecule has 3 N–H and O–H groups in total. The van der Waals surface area contributed by atoms with E-state index in [2.05, 4.69) is 24.1 Å². The third-order valence-corrected chi connectivity index (χ3v) is 3.03. The van der Waals surface area contributed by atoms with Gasteiger partial charge in [-0.1, -0.05) is 44.7 Å². The average molecular weight is 256 g/mol. The first kappa shape index (κ1) is 14.1. The number of aromatic nitrogens is 1. The number of hydrogen-bond donors (Lipinski definition) is 2. The van der Waals surface area contributed by atoms with E-state index in [0.717, 1.165) is 25.1 Å². The normalized spacial score (nSPS) is 12.4. The molecule has 1 aromatic rings. The van der Waals surface area contributed by atoms with Gasteiger partial charge >= 0.3 is 0 Å². The molecule has 0 saturated heterocycles. The molecule has 0 fully saturated rings. The van der Waals surface area contributed by atoms with E-state index in [0.29, 0.717) is 16.8 Å². The summed E-state index contributed by atoms with van der Waals surface area (Å²) in [5.41, 5.74) is 6.22. The van der Waals surface area contributed by atoms with E-state index < -0.39 is 0 Å². The van der Waals surface area contributed by atoms with Gasteiger partial charge in [0.25, 0.3) is 0 Å². The molecule has 0 spiro atoms. The topological polar surface area (TPSA) is 50.9 Å². The molecule has 3 nitrogen and oxygen atoms in total. The molecule has 0 saturated carbocycles. The maximum Gasteiger partial charge on any atom is 0.145 e. The second-order valence-electron chi connectivity index (χ2n) is 4.37. The van der Waals surface area contributed by atoms with Crippen LogP contribution in [0.4, 0.5) is 11.5 Å². The Hall–Kier alpha value is -0.960. The second kappa shape index (κ2) is 7.38. The molecule has 1 atom stereocenters. The van der Waals surface area contributed by atoms with Crippen LogP contribution in [0.25, 0.3) is 0 Å². The third kappa shape index (κ3) is 4.82. The van der Waals surface area contributed by atoms with Gasteiger partial charge in [-0.3, -0.25) is 0 Å². The highest BCUT2D eigenvalue weighted by atomic mass is 35.5. The number of pyridine rings is 1. The van der Waals surface area contributed by atoms with Gasteiger partial charge < -0.3 is 11.1 Å². The predicted octanol–water partition coefficient (Wildman–Crippen LogP) is 4.09. The fraction of sp³-hybridized carbons (Fsp3) is 0.615. The molecule has 96 valence electrons. The van der Waals surface area contributed by atoms with Gasteiger partial charge in [-0.05, 0) is 18.9 Å². The zero-order chi connectivity index (χ0) is 12.7. The Kier molecular flexibility index (Phi) is 6.12. The van der Waals surface area contributed by atoms with Crippen molar-refractivity contribution in [3.05, 3.63) is 17.3 Å². The maximum atomic E-state index is 6.10. The van der Waals surface area contributed by atoms with Crippen LogP contribution in [0.15, 0.2) is 12.3 Å². The molecule has 0 amide bonds. The number of nitrogens with two attached hydrogens (primary N) is 1. The van der Waals surface area contributed by atoms with Gasteiger partial charge in [0, 0.05) is 6.04 Å². The molecule has 0 aromatic carbocycles. The average Bonchev–Trinajstić information content (AvgIpc) is 2.29. The van der Waals surface area contributed by atoms with Crippen molar-refractivity contribution in [1.29, 1.82) is 0 Å². The number of rotatable bonds is 7.